The summed E-state index contributed by atoms with van der Waals surface area (Å²) in [5.41, 5.74) is 0.563. The van der Waals surface area contributed by atoms with Gasteiger partial charge in [0.1, 0.15) is 23.9 Å². The summed E-state index contributed by atoms with van der Waals surface area (Å²) in [6.45, 7) is 1.69. The molecule has 0 atom stereocenters. The first kappa shape index (κ1) is 19.9. The molecule has 0 saturated carbocycles. The van der Waals surface area contributed by atoms with Crippen molar-refractivity contribution in [2.75, 3.05) is 39.2 Å². The zero-order valence-electron chi connectivity index (χ0n) is 14.9. The predicted octanol–water partition coefficient (Wildman–Crippen LogP) is 3.35. The lowest BCUT2D eigenvalue weighted by Gasteiger charge is -2.11. The highest BCUT2D eigenvalue weighted by Gasteiger charge is 2.08. The van der Waals surface area contributed by atoms with Crippen molar-refractivity contribution in [3.63, 3.8) is 0 Å². The lowest BCUT2D eigenvalue weighted by atomic mass is 10.2. The average Bonchev–Trinajstić information content (AvgIpc) is 2.65. The van der Waals surface area contributed by atoms with Gasteiger partial charge in [0.15, 0.2) is 0 Å². The van der Waals surface area contributed by atoms with Crippen LogP contribution in [0.1, 0.15) is 6.42 Å². The van der Waals surface area contributed by atoms with Gasteiger partial charge in [-0.05, 0) is 42.5 Å². The second kappa shape index (κ2) is 10.5. The minimum absolute atomic E-state index is 0.117. The van der Waals surface area contributed by atoms with E-state index >= 15 is 0 Å². The molecular formula is C19H23ClN2O4. The van der Waals surface area contributed by atoms with E-state index in [1.807, 2.05) is 24.3 Å². The Morgan fingerprint density at radius 1 is 1.00 bits per heavy atom. The molecule has 7 heteroatoms. The van der Waals surface area contributed by atoms with Crippen LogP contribution in [-0.4, -0.2) is 39.8 Å². The maximum atomic E-state index is 12.0. The molecular weight excluding hydrogens is 356 g/mol. The van der Waals surface area contributed by atoms with Crippen molar-refractivity contribution in [3.8, 4) is 17.2 Å². The molecule has 0 aliphatic rings. The quantitative estimate of drug-likeness (QED) is 0.620. The van der Waals surface area contributed by atoms with E-state index in [9.17, 15) is 4.79 Å². The molecule has 0 saturated heterocycles. The molecule has 26 heavy (non-hydrogen) atoms. The van der Waals surface area contributed by atoms with E-state index in [0.717, 1.165) is 11.5 Å². The van der Waals surface area contributed by atoms with Crippen LogP contribution >= 0.6 is 11.6 Å². The fourth-order valence-corrected chi connectivity index (χ4v) is 2.40. The number of hydrogen-bond acceptors (Lipinski definition) is 5. The van der Waals surface area contributed by atoms with Crippen LogP contribution in [0, 0.1) is 0 Å². The van der Waals surface area contributed by atoms with Gasteiger partial charge in [-0.1, -0.05) is 11.6 Å². The summed E-state index contributed by atoms with van der Waals surface area (Å²) < 4.78 is 15.9. The molecule has 0 aliphatic heterocycles. The number of rotatable bonds is 10. The number of carbonyl (C=O) groups excluding carboxylic acids is 1. The molecule has 0 aliphatic carbocycles. The Labute approximate surface area is 158 Å². The summed E-state index contributed by atoms with van der Waals surface area (Å²) >= 11 is 5.95. The maximum absolute atomic E-state index is 12.0. The Kier molecular flexibility index (Phi) is 8.05. The molecule has 0 spiro atoms. The second-order valence-corrected chi connectivity index (χ2v) is 5.85. The van der Waals surface area contributed by atoms with E-state index in [0.29, 0.717) is 42.6 Å². The molecule has 2 N–H and O–H groups in total. The largest absolute Gasteiger partial charge is 0.497 e. The molecule has 140 valence electrons. The summed E-state index contributed by atoms with van der Waals surface area (Å²) in [6, 6.07) is 12.5. The first-order valence-corrected chi connectivity index (χ1v) is 8.61. The normalized spacial score (nSPS) is 10.3. The molecule has 6 nitrogen and oxygen atoms in total. The van der Waals surface area contributed by atoms with Crippen molar-refractivity contribution >= 4 is 23.2 Å². The molecule has 0 fully saturated rings. The minimum Gasteiger partial charge on any atom is -0.497 e. The van der Waals surface area contributed by atoms with E-state index in [1.54, 1.807) is 32.4 Å². The fourth-order valence-electron chi connectivity index (χ4n) is 2.23. The minimum atomic E-state index is -0.117. The Morgan fingerprint density at radius 2 is 1.73 bits per heavy atom. The van der Waals surface area contributed by atoms with Gasteiger partial charge in [0.25, 0.3) is 0 Å². The number of carbonyl (C=O) groups is 1. The number of halogens is 1. The molecule has 2 rings (SSSR count). The van der Waals surface area contributed by atoms with Crippen molar-refractivity contribution in [1.82, 2.24) is 5.32 Å². The molecule has 0 radical (unpaired) electrons. The maximum Gasteiger partial charge on any atom is 0.225 e. The highest BCUT2D eigenvalue weighted by molar-refractivity contribution is 6.31. The number of nitrogens with one attached hydrogen (secondary N) is 2. The Balaban J connectivity index is 1.63. The fraction of sp³-hybridized carbons (Fsp3) is 0.316. The summed E-state index contributed by atoms with van der Waals surface area (Å²) in [5.74, 6) is 2.02. The summed E-state index contributed by atoms with van der Waals surface area (Å²) in [5, 5.41) is 6.50. The van der Waals surface area contributed by atoms with Gasteiger partial charge < -0.3 is 24.8 Å². The monoisotopic (exact) mass is 378 g/mol. The van der Waals surface area contributed by atoms with Crippen LogP contribution in [0.2, 0.25) is 5.02 Å². The van der Waals surface area contributed by atoms with Crippen molar-refractivity contribution < 1.29 is 19.0 Å². The van der Waals surface area contributed by atoms with Crippen LogP contribution < -0.4 is 24.8 Å². The van der Waals surface area contributed by atoms with E-state index < -0.39 is 0 Å². The molecule has 0 bridgehead atoms. The smallest absolute Gasteiger partial charge is 0.225 e. The lowest BCUT2D eigenvalue weighted by Crippen LogP contribution is -2.25. The summed E-state index contributed by atoms with van der Waals surface area (Å²) in [7, 11) is 3.17. The van der Waals surface area contributed by atoms with E-state index in [4.69, 9.17) is 25.8 Å². The average molecular weight is 379 g/mol. The van der Waals surface area contributed by atoms with Crippen LogP contribution in [0.3, 0.4) is 0 Å². The molecule has 0 unspecified atom stereocenters. The standard InChI is InChI=1S/C19H23ClN2O4/c1-24-15-4-6-16(7-5-15)26-12-11-21-10-9-19(23)22-17-13-14(20)3-8-18(17)25-2/h3-8,13,21H,9-12H2,1-2H3,(H,22,23). The zero-order chi connectivity index (χ0) is 18.8. The van der Waals surface area contributed by atoms with Crippen molar-refractivity contribution in [2.24, 2.45) is 0 Å². The SMILES string of the molecule is COc1ccc(OCCNCCC(=O)Nc2cc(Cl)ccc2OC)cc1. The summed E-state index contributed by atoms with van der Waals surface area (Å²) in [6.07, 6.45) is 0.332. The number of amides is 1. The van der Waals surface area contributed by atoms with Gasteiger partial charge >= 0.3 is 0 Å². The van der Waals surface area contributed by atoms with Gasteiger partial charge in [0, 0.05) is 24.5 Å². The highest BCUT2D eigenvalue weighted by atomic mass is 35.5. The molecule has 0 heterocycles. The van der Waals surface area contributed by atoms with Gasteiger partial charge in [-0.3, -0.25) is 4.79 Å². The molecule has 1 amide bonds. The Morgan fingerprint density at radius 3 is 2.42 bits per heavy atom. The van der Waals surface area contributed by atoms with Gasteiger partial charge in [0.2, 0.25) is 5.91 Å². The lowest BCUT2D eigenvalue weighted by molar-refractivity contribution is -0.116. The van der Waals surface area contributed by atoms with Crippen LogP contribution in [0.25, 0.3) is 0 Å². The third-order valence-corrected chi connectivity index (χ3v) is 3.81. The Bertz CT molecular complexity index is 707. The van der Waals surface area contributed by atoms with Gasteiger partial charge in [-0.2, -0.15) is 0 Å². The van der Waals surface area contributed by atoms with Crippen molar-refractivity contribution in [3.05, 3.63) is 47.5 Å². The molecule has 0 aromatic heterocycles. The summed E-state index contributed by atoms with van der Waals surface area (Å²) in [4.78, 5) is 12.0. The van der Waals surface area contributed by atoms with Crippen LogP contribution in [0.5, 0.6) is 17.2 Å². The number of methoxy groups -OCH3 is 2. The zero-order valence-corrected chi connectivity index (χ0v) is 15.6. The van der Waals surface area contributed by atoms with E-state index in [-0.39, 0.29) is 5.91 Å². The van der Waals surface area contributed by atoms with Crippen molar-refractivity contribution in [1.29, 1.82) is 0 Å². The Hall–Kier alpha value is -2.44. The number of anilines is 1. The second-order valence-electron chi connectivity index (χ2n) is 5.42. The predicted molar refractivity (Wildman–Crippen MR) is 103 cm³/mol. The van der Waals surface area contributed by atoms with E-state index in [2.05, 4.69) is 10.6 Å². The first-order valence-electron chi connectivity index (χ1n) is 8.23. The topological polar surface area (TPSA) is 68.8 Å². The number of hydrogen-bond donors (Lipinski definition) is 2. The van der Waals surface area contributed by atoms with Gasteiger partial charge in [-0.15, -0.1) is 0 Å². The van der Waals surface area contributed by atoms with Gasteiger partial charge in [-0.25, -0.2) is 0 Å². The number of ether oxygens (including phenoxy) is 3. The molecule has 2 aromatic rings. The molecule has 2 aromatic carbocycles. The first-order chi connectivity index (χ1) is 12.6. The van der Waals surface area contributed by atoms with Crippen LogP contribution in [-0.2, 0) is 4.79 Å². The third kappa shape index (κ3) is 6.46. The van der Waals surface area contributed by atoms with E-state index in [1.165, 1.54) is 0 Å². The van der Waals surface area contributed by atoms with Gasteiger partial charge in [0.05, 0.1) is 19.9 Å². The highest BCUT2D eigenvalue weighted by Crippen LogP contribution is 2.27. The number of benzene rings is 2. The third-order valence-electron chi connectivity index (χ3n) is 3.57. The van der Waals surface area contributed by atoms with Crippen molar-refractivity contribution in [2.45, 2.75) is 6.42 Å². The van der Waals surface area contributed by atoms with Crippen LogP contribution in [0.15, 0.2) is 42.5 Å². The van der Waals surface area contributed by atoms with Crippen LogP contribution in [0.4, 0.5) is 5.69 Å².